The van der Waals surface area contributed by atoms with E-state index in [9.17, 15) is 8.42 Å². The lowest BCUT2D eigenvalue weighted by Gasteiger charge is -2.39. The van der Waals surface area contributed by atoms with Crippen molar-refractivity contribution in [1.82, 2.24) is 10.2 Å². The van der Waals surface area contributed by atoms with E-state index in [-0.39, 0.29) is 29.7 Å². The van der Waals surface area contributed by atoms with Gasteiger partial charge in [0.15, 0.2) is 15.8 Å². The number of hydrogen-bond acceptors (Lipinski definition) is 4. The van der Waals surface area contributed by atoms with Crippen molar-refractivity contribution in [1.29, 1.82) is 0 Å². The number of sulfone groups is 1. The zero-order valence-electron chi connectivity index (χ0n) is 16.5. The minimum Gasteiger partial charge on any atom is -0.377 e. The van der Waals surface area contributed by atoms with Gasteiger partial charge in [0.2, 0.25) is 0 Å². The van der Waals surface area contributed by atoms with Gasteiger partial charge in [0.05, 0.1) is 10.5 Å². The van der Waals surface area contributed by atoms with Gasteiger partial charge in [-0.25, -0.2) is 8.42 Å². The number of rotatable bonds is 3. The first-order chi connectivity index (χ1) is 11.6. The van der Waals surface area contributed by atoms with Crippen molar-refractivity contribution in [3.63, 3.8) is 0 Å². The molecule has 6 nitrogen and oxygen atoms in total. The van der Waals surface area contributed by atoms with Crippen LogP contribution in [0.4, 0.5) is 5.69 Å². The van der Waals surface area contributed by atoms with Gasteiger partial charge in [-0.1, -0.05) is 12.1 Å². The highest BCUT2D eigenvalue weighted by Gasteiger charge is 2.40. The highest BCUT2D eigenvalue weighted by molar-refractivity contribution is 14.0. The molecule has 0 saturated carbocycles. The Morgan fingerprint density at radius 3 is 2.54 bits per heavy atom. The van der Waals surface area contributed by atoms with E-state index < -0.39 is 14.6 Å². The van der Waals surface area contributed by atoms with Crippen LogP contribution in [0, 0.1) is 6.92 Å². The highest BCUT2D eigenvalue weighted by Crippen LogP contribution is 2.24. The van der Waals surface area contributed by atoms with Gasteiger partial charge in [-0.05, 0) is 38.0 Å². The maximum absolute atomic E-state index is 12.2. The Balaban J connectivity index is 0.00000338. The fourth-order valence-electron chi connectivity index (χ4n) is 3.07. The van der Waals surface area contributed by atoms with E-state index in [0.29, 0.717) is 19.6 Å². The molecule has 0 amide bonds. The third kappa shape index (κ3) is 5.03. The van der Waals surface area contributed by atoms with E-state index in [1.807, 2.05) is 19.0 Å². The standard InChI is InChI=1S/C18H30N4O2S.HI/c1-14-7-8-15(16(11-14)21(5)6)12-20-17(19-4)22-9-10-25(23,24)18(2,3)13-22;/h7-8,11H,9-10,12-13H2,1-6H3,(H,19,20);1H. The Labute approximate surface area is 175 Å². The average Bonchev–Trinajstić information content (AvgIpc) is 2.52. The van der Waals surface area contributed by atoms with Crippen LogP contribution in [0.1, 0.15) is 25.0 Å². The van der Waals surface area contributed by atoms with Gasteiger partial charge in [0.25, 0.3) is 0 Å². The summed E-state index contributed by atoms with van der Waals surface area (Å²) in [7, 11) is 2.75. The first kappa shape index (κ1) is 23.0. The molecular weight excluding hydrogens is 463 g/mol. The van der Waals surface area contributed by atoms with E-state index in [4.69, 9.17) is 0 Å². The number of nitrogens with zero attached hydrogens (tertiary/aromatic N) is 3. The molecule has 1 aliphatic rings. The number of halogens is 1. The fraction of sp³-hybridized carbons (Fsp3) is 0.611. The summed E-state index contributed by atoms with van der Waals surface area (Å²) in [4.78, 5) is 8.49. The molecule has 0 bridgehead atoms. The topological polar surface area (TPSA) is 65.0 Å². The van der Waals surface area contributed by atoms with E-state index in [1.165, 1.54) is 16.8 Å². The SMILES string of the molecule is CN=C(NCc1ccc(C)cc1N(C)C)N1CCS(=O)(=O)C(C)(C)C1.I. The van der Waals surface area contributed by atoms with E-state index in [1.54, 1.807) is 20.9 Å². The number of aliphatic imine (C=N–C) groups is 1. The smallest absolute Gasteiger partial charge is 0.193 e. The number of hydrogen-bond donors (Lipinski definition) is 1. The molecule has 1 fully saturated rings. The lowest BCUT2D eigenvalue weighted by molar-refractivity contribution is 0.353. The Kier molecular flexibility index (Phi) is 7.76. The van der Waals surface area contributed by atoms with Crippen LogP contribution in [0.25, 0.3) is 0 Å². The summed E-state index contributed by atoms with van der Waals surface area (Å²) in [5.74, 6) is 0.905. The molecule has 148 valence electrons. The van der Waals surface area contributed by atoms with E-state index >= 15 is 0 Å². The molecule has 0 radical (unpaired) electrons. The molecule has 0 atom stereocenters. The van der Waals surface area contributed by atoms with Gasteiger partial charge in [-0.3, -0.25) is 4.99 Å². The first-order valence-electron chi connectivity index (χ1n) is 8.52. The second-order valence-corrected chi connectivity index (χ2v) is 10.2. The Bertz CT molecular complexity index is 760. The zero-order valence-corrected chi connectivity index (χ0v) is 19.7. The van der Waals surface area contributed by atoms with Gasteiger partial charge in [-0.2, -0.15) is 0 Å². The molecule has 0 spiro atoms. The summed E-state index contributed by atoms with van der Waals surface area (Å²) < 4.78 is 23.6. The summed E-state index contributed by atoms with van der Waals surface area (Å²) in [5.41, 5.74) is 3.57. The summed E-state index contributed by atoms with van der Waals surface area (Å²) >= 11 is 0. The van der Waals surface area contributed by atoms with Crippen LogP contribution in [0.5, 0.6) is 0 Å². The van der Waals surface area contributed by atoms with Gasteiger partial charge < -0.3 is 15.1 Å². The molecule has 0 unspecified atom stereocenters. The predicted molar refractivity (Wildman–Crippen MR) is 121 cm³/mol. The third-order valence-electron chi connectivity index (χ3n) is 4.71. The molecule has 1 saturated heterocycles. The van der Waals surface area contributed by atoms with E-state index in [0.717, 1.165) is 5.96 Å². The first-order valence-corrected chi connectivity index (χ1v) is 10.2. The fourth-order valence-corrected chi connectivity index (χ4v) is 4.44. The van der Waals surface area contributed by atoms with Crippen LogP contribution < -0.4 is 10.2 Å². The molecule has 2 rings (SSSR count). The molecule has 26 heavy (non-hydrogen) atoms. The number of nitrogens with one attached hydrogen (secondary N) is 1. The zero-order chi connectivity index (χ0) is 18.8. The maximum atomic E-state index is 12.2. The minimum atomic E-state index is -3.06. The van der Waals surface area contributed by atoms with Crippen molar-refractivity contribution in [3.05, 3.63) is 29.3 Å². The Morgan fingerprint density at radius 1 is 1.35 bits per heavy atom. The molecular formula is C18H31IN4O2S. The molecule has 8 heteroatoms. The van der Waals surface area contributed by atoms with Crippen LogP contribution in [0.15, 0.2) is 23.2 Å². The van der Waals surface area contributed by atoms with Crippen molar-refractivity contribution >= 4 is 45.5 Å². The second kappa shape index (κ2) is 8.77. The third-order valence-corrected chi connectivity index (χ3v) is 7.25. The van der Waals surface area contributed by atoms with Crippen LogP contribution in [0.2, 0.25) is 0 Å². The second-order valence-electron chi connectivity index (χ2n) is 7.43. The molecule has 0 aliphatic carbocycles. The quantitative estimate of drug-likeness (QED) is 0.397. The molecule has 1 N–H and O–H groups in total. The summed E-state index contributed by atoms with van der Waals surface area (Å²) in [6.07, 6.45) is 0. The Morgan fingerprint density at radius 2 is 2.00 bits per heavy atom. The van der Waals surface area contributed by atoms with Crippen molar-refractivity contribution < 1.29 is 8.42 Å². The van der Waals surface area contributed by atoms with Crippen LogP contribution >= 0.6 is 24.0 Å². The van der Waals surface area contributed by atoms with Crippen LogP contribution in [-0.2, 0) is 16.4 Å². The van der Waals surface area contributed by atoms with Crippen LogP contribution in [-0.4, -0.2) is 64.0 Å². The molecule has 1 heterocycles. The van der Waals surface area contributed by atoms with Gasteiger partial charge >= 0.3 is 0 Å². The number of anilines is 1. The summed E-state index contributed by atoms with van der Waals surface area (Å²) in [6.45, 7) is 7.21. The normalized spacial score (nSPS) is 18.8. The van der Waals surface area contributed by atoms with Crippen LogP contribution in [0.3, 0.4) is 0 Å². The van der Waals surface area contributed by atoms with Crippen molar-refractivity contribution in [2.75, 3.05) is 44.9 Å². The highest BCUT2D eigenvalue weighted by atomic mass is 127. The predicted octanol–water partition coefficient (Wildman–Crippen LogP) is 2.26. The van der Waals surface area contributed by atoms with Gasteiger partial charge in [-0.15, -0.1) is 24.0 Å². The van der Waals surface area contributed by atoms with Gasteiger partial charge in [0, 0.05) is 46.5 Å². The largest absolute Gasteiger partial charge is 0.377 e. The van der Waals surface area contributed by atoms with Crippen molar-refractivity contribution in [2.24, 2.45) is 4.99 Å². The summed E-state index contributed by atoms with van der Waals surface area (Å²) in [6, 6.07) is 6.38. The minimum absolute atomic E-state index is 0. The molecule has 0 aromatic heterocycles. The maximum Gasteiger partial charge on any atom is 0.193 e. The van der Waals surface area contributed by atoms with E-state index in [2.05, 4.69) is 40.3 Å². The number of benzene rings is 1. The number of guanidine groups is 1. The summed E-state index contributed by atoms with van der Waals surface area (Å²) in [5, 5.41) is 3.39. The molecule has 1 aromatic carbocycles. The van der Waals surface area contributed by atoms with Gasteiger partial charge in [0.1, 0.15) is 0 Å². The Hall–Kier alpha value is -1.03. The lowest BCUT2D eigenvalue weighted by Crippen LogP contribution is -2.57. The van der Waals surface area contributed by atoms with Crippen molar-refractivity contribution in [2.45, 2.75) is 32.1 Å². The molecule has 1 aliphatic heterocycles. The average molecular weight is 494 g/mol. The van der Waals surface area contributed by atoms with Crippen molar-refractivity contribution in [3.8, 4) is 0 Å². The number of aryl methyl sites for hydroxylation is 1. The monoisotopic (exact) mass is 494 g/mol. The lowest BCUT2D eigenvalue weighted by atomic mass is 10.1. The molecule has 1 aromatic rings.